The van der Waals surface area contributed by atoms with E-state index in [4.69, 9.17) is 20.6 Å². The van der Waals surface area contributed by atoms with Crippen LogP contribution in [0, 0.1) is 5.41 Å². The normalized spacial score (nSPS) is 19.1. The highest BCUT2D eigenvalue weighted by molar-refractivity contribution is 7.19. The van der Waals surface area contributed by atoms with Crippen molar-refractivity contribution in [3.05, 3.63) is 34.5 Å². The molecule has 10 nitrogen and oxygen atoms in total. The zero-order valence-corrected chi connectivity index (χ0v) is 24.7. The smallest absolute Gasteiger partial charge is 0.210 e. The standard InChI is InChI=1S/C24H30N6OS.C6H11NO2/c25-14-16-12-19(20(13-18(16)26)31-11-10-30-8-4-1-5-9-30)29-23-22-17-6-2-3-7-21(17)32-24(22)28-15-27-23;1-6-4-9-3-2-7(6)5-8/h12-15,25H,1-11,26H2,(H,27,28,29);5-6H,2-4H2,1H3. The molecule has 11 heteroatoms. The summed E-state index contributed by atoms with van der Waals surface area (Å²) in [5.41, 5.74) is 9.55. The second-order valence-corrected chi connectivity index (χ2v) is 12.0. The van der Waals surface area contributed by atoms with Gasteiger partial charge in [0.25, 0.3) is 0 Å². The SMILES string of the molecule is CC1COCCN1C=O.N=Cc1cc(Nc2ncnc3sc4c(c23)CCCC4)c(OCCN2CCCCC2)cc1N. The van der Waals surface area contributed by atoms with Crippen LogP contribution in [0.2, 0.25) is 0 Å². The van der Waals surface area contributed by atoms with Gasteiger partial charge >= 0.3 is 0 Å². The van der Waals surface area contributed by atoms with Crippen molar-refractivity contribution in [3.8, 4) is 5.75 Å². The number of amides is 1. The number of carbonyl (C=O) groups is 1. The number of aromatic nitrogens is 2. The summed E-state index contributed by atoms with van der Waals surface area (Å²) in [5.74, 6) is 1.50. The summed E-state index contributed by atoms with van der Waals surface area (Å²) >= 11 is 1.78. The lowest BCUT2D eigenvalue weighted by molar-refractivity contribution is -0.125. The van der Waals surface area contributed by atoms with E-state index in [0.717, 1.165) is 67.2 Å². The first-order valence-corrected chi connectivity index (χ1v) is 15.5. The number of carbonyl (C=O) groups excluding carboxylic acids is 1. The molecule has 0 saturated carbocycles. The monoisotopic (exact) mass is 579 g/mol. The summed E-state index contributed by atoms with van der Waals surface area (Å²) in [5, 5.41) is 12.4. The Morgan fingerprint density at radius 1 is 1.17 bits per heavy atom. The number of thiophene rings is 1. The number of ether oxygens (including phenoxy) is 2. The van der Waals surface area contributed by atoms with Gasteiger partial charge in [-0.3, -0.25) is 9.69 Å². The van der Waals surface area contributed by atoms with E-state index in [2.05, 4.69) is 20.2 Å². The van der Waals surface area contributed by atoms with Gasteiger partial charge in [0.15, 0.2) is 0 Å². The summed E-state index contributed by atoms with van der Waals surface area (Å²) in [6.07, 6.45) is 12.3. The molecule has 6 rings (SSSR count). The van der Waals surface area contributed by atoms with E-state index in [1.165, 1.54) is 48.8 Å². The predicted octanol–water partition coefficient (Wildman–Crippen LogP) is 4.62. The van der Waals surface area contributed by atoms with Crippen molar-refractivity contribution >= 4 is 51.4 Å². The number of nitrogens with two attached hydrogens (primary N) is 1. The number of morpholine rings is 1. The first-order chi connectivity index (χ1) is 20.1. The number of nitrogens with zero attached hydrogens (tertiary/aromatic N) is 4. The van der Waals surface area contributed by atoms with Crippen LogP contribution < -0.4 is 15.8 Å². The molecule has 2 aromatic heterocycles. The first-order valence-electron chi connectivity index (χ1n) is 14.7. The number of anilines is 3. The highest BCUT2D eigenvalue weighted by Crippen LogP contribution is 2.40. The molecule has 0 radical (unpaired) electrons. The summed E-state index contributed by atoms with van der Waals surface area (Å²) in [6, 6.07) is 3.96. The third-order valence-electron chi connectivity index (χ3n) is 8.01. The fraction of sp³-hybridized carbons (Fsp3) is 0.533. The van der Waals surface area contributed by atoms with Gasteiger partial charge < -0.3 is 30.8 Å². The van der Waals surface area contributed by atoms with E-state index < -0.39 is 0 Å². The second kappa shape index (κ2) is 14.1. The van der Waals surface area contributed by atoms with Crippen molar-refractivity contribution in [2.24, 2.45) is 0 Å². The lowest BCUT2D eigenvalue weighted by Gasteiger charge is -2.29. The van der Waals surface area contributed by atoms with Crippen LogP contribution in [0.1, 0.15) is 55.0 Å². The van der Waals surface area contributed by atoms with Gasteiger partial charge in [-0.05, 0) is 70.2 Å². The molecule has 0 bridgehead atoms. The van der Waals surface area contributed by atoms with Crippen molar-refractivity contribution in [2.45, 2.75) is 57.9 Å². The third kappa shape index (κ3) is 7.14. The summed E-state index contributed by atoms with van der Waals surface area (Å²) in [6.45, 7) is 7.88. The molecule has 2 aliphatic heterocycles. The van der Waals surface area contributed by atoms with Crippen molar-refractivity contribution in [3.63, 3.8) is 0 Å². The highest BCUT2D eigenvalue weighted by Gasteiger charge is 2.21. The molecule has 4 heterocycles. The van der Waals surface area contributed by atoms with Gasteiger partial charge in [-0.25, -0.2) is 9.97 Å². The lowest BCUT2D eigenvalue weighted by atomic mass is 9.97. The molecular formula is C30H41N7O3S. The number of piperidine rings is 1. The first kappa shape index (κ1) is 29.2. The second-order valence-electron chi connectivity index (χ2n) is 10.9. The lowest BCUT2D eigenvalue weighted by Crippen LogP contribution is -2.42. The molecule has 3 aromatic rings. The molecule has 3 aliphatic rings. The Labute approximate surface area is 245 Å². The summed E-state index contributed by atoms with van der Waals surface area (Å²) in [4.78, 5) is 26.0. The van der Waals surface area contributed by atoms with Crippen LogP contribution in [0.3, 0.4) is 0 Å². The predicted molar refractivity (Wildman–Crippen MR) is 165 cm³/mol. The van der Waals surface area contributed by atoms with Gasteiger partial charge in [-0.2, -0.15) is 0 Å². The number of hydrogen-bond acceptors (Lipinski definition) is 10. The van der Waals surface area contributed by atoms with Crippen molar-refractivity contribution in [1.29, 1.82) is 5.41 Å². The topological polar surface area (TPSA) is 130 Å². The molecule has 1 aliphatic carbocycles. The average molecular weight is 580 g/mol. The molecule has 1 unspecified atom stereocenters. The minimum absolute atomic E-state index is 0.260. The molecule has 4 N–H and O–H groups in total. The summed E-state index contributed by atoms with van der Waals surface area (Å²) < 4.78 is 11.3. The van der Waals surface area contributed by atoms with Gasteiger partial charge in [-0.15, -0.1) is 11.3 Å². The van der Waals surface area contributed by atoms with Gasteiger partial charge in [-0.1, -0.05) is 6.42 Å². The summed E-state index contributed by atoms with van der Waals surface area (Å²) in [7, 11) is 0. The Morgan fingerprint density at radius 2 is 2.00 bits per heavy atom. The highest BCUT2D eigenvalue weighted by atomic mass is 32.1. The van der Waals surface area contributed by atoms with Crippen LogP contribution in [-0.4, -0.2) is 84.4 Å². The van der Waals surface area contributed by atoms with Gasteiger partial charge in [0, 0.05) is 41.5 Å². The Balaban J connectivity index is 0.000000321. The molecule has 0 spiro atoms. The van der Waals surface area contributed by atoms with Crippen LogP contribution >= 0.6 is 11.3 Å². The van der Waals surface area contributed by atoms with Crippen LogP contribution in [0.25, 0.3) is 10.2 Å². The molecular weight excluding hydrogens is 538 g/mol. The number of hydrogen-bond donors (Lipinski definition) is 3. The molecule has 1 aromatic carbocycles. The molecule has 2 saturated heterocycles. The number of fused-ring (bicyclic) bond motifs is 3. The maximum Gasteiger partial charge on any atom is 0.210 e. The number of nitrogen functional groups attached to an aromatic ring is 1. The van der Waals surface area contributed by atoms with Gasteiger partial charge in [0.1, 0.15) is 29.3 Å². The van der Waals surface area contributed by atoms with E-state index in [1.807, 2.05) is 19.1 Å². The fourth-order valence-electron chi connectivity index (χ4n) is 5.63. The minimum atomic E-state index is 0.260. The zero-order chi connectivity index (χ0) is 28.6. The maximum atomic E-state index is 10.2. The van der Waals surface area contributed by atoms with Crippen LogP contribution in [0.15, 0.2) is 18.5 Å². The number of benzene rings is 1. The maximum absolute atomic E-state index is 10.2. The number of likely N-dealkylation sites (tertiary alicyclic amines) is 1. The van der Waals surface area contributed by atoms with E-state index >= 15 is 0 Å². The largest absolute Gasteiger partial charge is 0.490 e. The number of rotatable bonds is 8. The number of aryl methyl sites for hydroxylation is 2. The fourth-order valence-corrected chi connectivity index (χ4v) is 6.86. The Morgan fingerprint density at radius 3 is 2.76 bits per heavy atom. The van der Waals surface area contributed by atoms with Gasteiger partial charge in [0.2, 0.25) is 6.41 Å². The van der Waals surface area contributed by atoms with Gasteiger partial charge in [0.05, 0.1) is 30.3 Å². The Bertz CT molecular complexity index is 1340. The van der Waals surface area contributed by atoms with E-state index in [0.29, 0.717) is 36.8 Å². The third-order valence-corrected chi connectivity index (χ3v) is 9.21. The van der Waals surface area contributed by atoms with E-state index in [9.17, 15) is 4.79 Å². The molecule has 2 fully saturated rings. The average Bonchev–Trinajstić information content (AvgIpc) is 3.39. The minimum Gasteiger partial charge on any atom is -0.490 e. The van der Waals surface area contributed by atoms with Crippen molar-refractivity contribution in [1.82, 2.24) is 19.8 Å². The number of nitrogens with one attached hydrogen (secondary N) is 2. The quantitative estimate of drug-likeness (QED) is 0.200. The van der Waals surface area contributed by atoms with Crippen molar-refractivity contribution in [2.75, 3.05) is 57.1 Å². The Kier molecular flexibility index (Phi) is 10.0. The van der Waals surface area contributed by atoms with Crippen LogP contribution in [0.4, 0.5) is 17.2 Å². The zero-order valence-electron chi connectivity index (χ0n) is 23.9. The van der Waals surface area contributed by atoms with Crippen LogP contribution in [0.5, 0.6) is 5.75 Å². The van der Waals surface area contributed by atoms with E-state index in [-0.39, 0.29) is 6.04 Å². The molecule has 1 atom stereocenters. The Hall–Kier alpha value is -3.28. The molecule has 41 heavy (non-hydrogen) atoms. The van der Waals surface area contributed by atoms with Crippen LogP contribution in [-0.2, 0) is 22.4 Å². The van der Waals surface area contributed by atoms with Crippen molar-refractivity contribution < 1.29 is 14.3 Å². The molecule has 1 amide bonds. The molecule has 220 valence electrons. The van der Waals surface area contributed by atoms with E-state index in [1.54, 1.807) is 22.6 Å².